The summed E-state index contributed by atoms with van der Waals surface area (Å²) in [6.45, 7) is 1.34. The number of hydrogen-bond acceptors (Lipinski definition) is 6. The maximum absolute atomic E-state index is 12.9. The van der Waals surface area contributed by atoms with Crippen LogP contribution < -0.4 is 9.64 Å². The number of benzene rings is 1. The SMILES string of the molecule is CN(C)c1ccc(OC2CCCN(C(=O)c3cc4ccccc4s3)C2)nn1. The minimum atomic E-state index is -0.0587. The van der Waals surface area contributed by atoms with Gasteiger partial charge in [0, 0.05) is 31.4 Å². The van der Waals surface area contributed by atoms with Gasteiger partial charge in [-0.25, -0.2) is 0 Å². The first-order chi connectivity index (χ1) is 13.1. The number of likely N-dealkylation sites (tertiary alicyclic amines) is 1. The highest BCUT2D eigenvalue weighted by atomic mass is 32.1. The van der Waals surface area contributed by atoms with Gasteiger partial charge in [0.2, 0.25) is 5.88 Å². The highest BCUT2D eigenvalue weighted by Gasteiger charge is 2.27. The van der Waals surface area contributed by atoms with Crippen molar-refractivity contribution in [3.05, 3.63) is 47.3 Å². The van der Waals surface area contributed by atoms with Crippen LogP contribution in [0.3, 0.4) is 0 Å². The number of rotatable bonds is 4. The number of anilines is 1. The topological polar surface area (TPSA) is 58.6 Å². The second kappa shape index (κ2) is 7.52. The summed E-state index contributed by atoms with van der Waals surface area (Å²) in [6.07, 6.45) is 1.77. The number of amides is 1. The van der Waals surface area contributed by atoms with Gasteiger partial charge in [-0.3, -0.25) is 4.79 Å². The van der Waals surface area contributed by atoms with Crippen molar-refractivity contribution < 1.29 is 9.53 Å². The van der Waals surface area contributed by atoms with E-state index in [4.69, 9.17) is 4.74 Å². The van der Waals surface area contributed by atoms with Crippen molar-refractivity contribution in [3.63, 3.8) is 0 Å². The lowest BCUT2D eigenvalue weighted by molar-refractivity contribution is 0.0530. The van der Waals surface area contributed by atoms with Gasteiger partial charge in [-0.15, -0.1) is 21.5 Å². The molecular weight excluding hydrogens is 360 g/mol. The zero-order valence-corrected chi connectivity index (χ0v) is 16.3. The van der Waals surface area contributed by atoms with Crippen LogP contribution in [-0.2, 0) is 0 Å². The Morgan fingerprint density at radius 1 is 1.22 bits per heavy atom. The average molecular weight is 382 g/mol. The van der Waals surface area contributed by atoms with E-state index in [0.29, 0.717) is 12.4 Å². The van der Waals surface area contributed by atoms with Crippen molar-refractivity contribution in [2.24, 2.45) is 0 Å². The molecule has 1 aliphatic heterocycles. The summed E-state index contributed by atoms with van der Waals surface area (Å²) in [5.41, 5.74) is 0. The van der Waals surface area contributed by atoms with Gasteiger partial charge in [0.1, 0.15) is 6.10 Å². The van der Waals surface area contributed by atoms with Crippen LogP contribution in [0.2, 0.25) is 0 Å². The first-order valence-electron chi connectivity index (χ1n) is 9.06. The summed E-state index contributed by atoms with van der Waals surface area (Å²) in [5, 5.41) is 9.39. The van der Waals surface area contributed by atoms with Gasteiger partial charge >= 0.3 is 0 Å². The number of hydrogen-bond donors (Lipinski definition) is 0. The monoisotopic (exact) mass is 382 g/mol. The van der Waals surface area contributed by atoms with Crippen LogP contribution in [0, 0.1) is 0 Å². The number of carbonyl (C=O) groups excluding carboxylic acids is 1. The molecule has 1 aromatic carbocycles. The molecule has 27 heavy (non-hydrogen) atoms. The lowest BCUT2D eigenvalue weighted by Gasteiger charge is -2.32. The molecule has 7 heteroatoms. The standard InChI is InChI=1S/C20H22N4O2S/c1-23(2)18-9-10-19(22-21-18)26-15-7-5-11-24(13-15)20(25)17-12-14-6-3-4-8-16(14)27-17/h3-4,6,8-10,12,15H,5,7,11,13H2,1-2H3. The van der Waals surface area contributed by atoms with Crippen LogP contribution in [-0.4, -0.2) is 54.3 Å². The Bertz CT molecular complexity index is 906. The van der Waals surface area contributed by atoms with Crippen molar-refractivity contribution in [2.45, 2.75) is 18.9 Å². The third-order valence-corrected chi connectivity index (χ3v) is 5.78. The highest BCUT2D eigenvalue weighted by Crippen LogP contribution is 2.27. The Morgan fingerprint density at radius 3 is 2.81 bits per heavy atom. The van der Waals surface area contributed by atoms with Gasteiger partial charge in [0.25, 0.3) is 5.91 Å². The third kappa shape index (κ3) is 3.88. The minimum absolute atomic E-state index is 0.0587. The van der Waals surface area contributed by atoms with Crippen molar-refractivity contribution >= 4 is 33.1 Å². The molecule has 4 rings (SSSR count). The molecule has 140 valence electrons. The molecule has 1 saturated heterocycles. The molecule has 0 spiro atoms. The molecule has 2 aromatic heterocycles. The van der Waals surface area contributed by atoms with Gasteiger partial charge in [-0.2, -0.15) is 0 Å². The number of aromatic nitrogens is 2. The first-order valence-corrected chi connectivity index (χ1v) is 9.87. The number of nitrogens with zero attached hydrogens (tertiary/aromatic N) is 4. The molecule has 3 heterocycles. The fourth-order valence-corrected chi connectivity index (χ4v) is 4.28. The number of carbonyl (C=O) groups is 1. The van der Waals surface area contributed by atoms with Crippen molar-refractivity contribution in [1.82, 2.24) is 15.1 Å². The molecule has 0 N–H and O–H groups in total. The van der Waals surface area contributed by atoms with E-state index in [9.17, 15) is 4.79 Å². The van der Waals surface area contributed by atoms with Crippen LogP contribution >= 0.6 is 11.3 Å². The Hall–Kier alpha value is -2.67. The second-order valence-electron chi connectivity index (χ2n) is 6.91. The first kappa shape index (κ1) is 17.7. The molecule has 1 aliphatic rings. The summed E-state index contributed by atoms with van der Waals surface area (Å²) in [7, 11) is 3.84. The molecule has 1 atom stereocenters. The fraction of sp³-hybridized carbons (Fsp3) is 0.350. The number of ether oxygens (including phenoxy) is 1. The molecule has 1 fully saturated rings. The molecule has 1 amide bonds. The van der Waals surface area contributed by atoms with Crippen LogP contribution in [0.15, 0.2) is 42.5 Å². The van der Waals surface area contributed by atoms with E-state index < -0.39 is 0 Å². The predicted octanol–water partition coefficient (Wildman–Crippen LogP) is 3.44. The Labute approximate surface area is 162 Å². The van der Waals surface area contributed by atoms with Gasteiger partial charge < -0.3 is 14.5 Å². The van der Waals surface area contributed by atoms with Gasteiger partial charge in [0.15, 0.2) is 5.82 Å². The lowest BCUT2D eigenvalue weighted by Crippen LogP contribution is -2.44. The smallest absolute Gasteiger partial charge is 0.264 e. The second-order valence-corrected chi connectivity index (χ2v) is 7.99. The molecule has 3 aromatic rings. The number of fused-ring (bicyclic) bond motifs is 1. The van der Waals surface area contributed by atoms with E-state index in [1.54, 1.807) is 11.3 Å². The summed E-state index contributed by atoms with van der Waals surface area (Å²) in [5.74, 6) is 1.37. The Balaban J connectivity index is 1.43. The van der Waals surface area contributed by atoms with Crippen LogP contribution in [0.4, 0.5) is 5.82 Å². The Kier molecular flexibility index (Phi) is 4.94. The van der Waals surface area contributed by atoms with Crippen LogP contribution in [0.1, 0.15) is 22.5 Å². The average Bonchev–Trinajstić information content (AvgIpc) is 3.12. The van der Waals surface area contributed by atoms with Crippen LogP contribution in [0.5, 0.6) is 5.88 Å². The fourth-order valence-electron chi connectivity index (χ4n) is 3.25. The lowest BCUT2D eigenvalue weighted by atomic mass is 10.1. The molecule has 0 bridgehead atoms. The van der Waals surface area contributed by atoms with E-state index in [0.717, 1.165) is 40.2 Å². The highest BCUT2D eigenvalue weighted by molar-refractivity contribution is 7.20. The van der Waals surface area contributed by atoms with Crippen molar-refractivity contribution in [1.29, 1.82) is 0 Å². The molecule has 0 saturated carbocycles. The molecule has 0 radical (unpaired) electrons. The van der Waals surface area contributed by atoms with Crippen molar-refractivity contribution in [2.75, 3.05) is 32.1 Å². The predicted molar refractivity (Wildman–Crippen MR) is 108 cm³/mol. The molecular formula is C20H22N4O2S. The quantitative estimate of drug-likeness (QED) is 0.692. The minimum Gasteiger partial charge on any atom is -0.471 e. The summed E-state index contributed by atoms with van der Waals surface area (Å²) in [4.78, 5) is 17.5. The zero-order chi connectivity index (χ0) is 18.8. The third-order valence-electron chi connectivity index (χ3n) is 4.67. The normalized spacial score (nSPS) is 17.1. The van der Waals surface area contributed by atoms with Gasteiger partial charge in [-0.05, 0) is 36.4 Å². The van der Waals surface area contributed by atoms with Gasteiger partial charge in [-0.1, -0.05) is 18.2 Å². The number of piperidine rings is 1. The molecule has 0 aliphatic carbocycles. The van der Waals surface area contributed by atoms with E-state index in [2.05, 4.69) is 16.3 Å². The van der Waals surface area contributed by atoms with E-state index in [-0.39, 0.29) is 12.0 Å². The van der Waals surface area contributed by atoms with Gasteiger partial charge in [0.05, 0.1) is 11.4 Å². The summed E-state index contributed by atoms with van der Waals surface area (Å²) >= 11 is 1.55. The van der Waals surface area contributed by atoms with E-state index in [1.807, 2.05) is 60.3 Å². The van der Waals surface area contributed by atoms with Crippen LogP contribution in [0.25, 0.3) is 10.1 Å². The largest absolute Gasteiger partial charge is 0.471 e. The zero-order valence-electron chi connectivity index (χ0n) is 15.5. The number of thiophene rings is 1. The Morgan fingerprint density at radius 2 is 2.07 bits per heavy atom. The van der Waals surface area contributed by atoms with Crippen molar-refractivity contribution in [3.8, 4) is 5.88 Å². The molecule has 6 nitrogen and oxygen atoms in total. The molecule has 1 unspecified atom stereocenters. The maximum atomic E-state index is 12.9. The summed E-state index contributed by atoms with van der Waals surface area (Å²) in [6, 6.07) is 13.8. The van der Waals surface area contributed by atoms with E-state index in [1.165, 1.54) is 0 Å². The summed E-state index contributed by atoms with van der Waals surface area (Å²) < 4.78 is 7.12. The maximum Gasteiger partial charge on any atom is 0.264 e. The van der Waals surface area contributed by atoms with E-state index >= 15 is 0 Å².